The van der Waals surface area contributed by atoms with Crippen LogP contribution in [0.25, 0.3) is 11.1 Å². The lowest BCUT2D eigenvalue weighted by Gasteiger charge is -2.26. The molecule has 1 saturated heterocycles. The van der Waals surface area contributed by atoms with Crippen LogP contribution in [0.3, 0.4) is 0 Å². The molecule has 0 radical (unpaired) electrons. The maximum Gasteiger partial charge on any atom is 0.229 e. The number of ether oxygens (including phenoxy) is 1. The summed E-state index contributed by atoms with van der Waals surface area (Å²) in [6.07, 6.45) is 6.44. The molecular weight excluding hydrogens is 364 g/mol. The Labute approximate surface area is 171 Å². The molecule has 0 aliphatic carbocycles. The van der Waals surface area contributed by atoms with Crippen LogP contribution in [0.2, 0.25) is 0 Å². The van der Waals surface area contributed by atoms with Gasteiger partial charge in [-0.25, -0.2) is 4.98 Å². The SMILES string of the molecule is c1cc(Nc2nccc(NCCCN3CCOCC3)n2)cc(-c2ccncc2)c1. The molecule has 3 aromatic rings. The monoisotopic (exact) mass is 390 g/mol. The summed E-state index contributed by atoms with van der Waals surface area (Å²) in [5, 5.41) is 6.69. The van der Waals surface area contributed by atoms with Crippen molar-refractivity contribution in [2.24, 2.45) is 0 Å². The highest BCUT2D eigenvalue weighted by Gasteiger charge is 2.09. The Hall–Kier alpha value is -3.03. The van der Waals surface area contributed by atoms with Gasteiger partial charge in [0.25, 0.3) is 0 Å². The quantitative estimate of drug-likeness (QED) is 0.571. The van der Waals surface area contributed by atoms with Crippen LogP contribution in [0.15, 0.2) is 61.1 Å². The Morgan fingerprint density at radius 1 is 0.966 bits per heavy atom. The molecule has 2 N–H and O–H groups in total. The molecule has 0 saturated carbocycles. The molecule has 0 bridgehead atoms. The fraction of sp³-hybridized carbons (Fsp3) is 0.318. The standard InChI is InChI=1S/C22H26N6O/c1-3-19(18-5-9-23-10-6-18)17-20(4-1)26-22-25-11-7-21(27-22)24-8-2-12-28-13-15-29-16-14-28/h1,3-7,9-11,17H,2,8,12-16H2,(H2,24,25,26,27). The van der Waals surface area contributed by atoms with Crippen molar-refractivity contribution in [1.82, 2.24) is 19.9 Å². The van der Waals surface area contributed by atoms with Gasteiger partial charge in [0.1, 0.15) is 5.82 Å². The number of benzene rings is 1. The minimum Gasteiger partial charge on any atom is -0.379 e. The number of hydrogen-bond acceptors (Lipinski definition) is 7. The fourth-order valence-electron chi connectivity index (χ4n) is 3.31. The Balaban J connectivity index is 1.32. The lowest BCUT2D eigenvalue weighted by molar-refractivity contribution is 0.0378. The molecule has 0 amide bonds. The molecule has 7 heteroatoms. The van der Waals surface area contributed by atoms with Crippen LogP contribution in [0.5, 0.6) is 0 Å². The maximum absolute atomic E-state index is 5.39. The zero-order chi connectivity index (χ0) is 19.7. The van der Waals surface area contributed by atoms with Crippen LogP contribution in [0.4, 0.5) is 17.5 Å². The number of pyridine rings is 1. The normalized spacial score (nSPS) is 14.5. The second-order valence-electron chi connectivity index (χ2n) is 6.94. The van der Waals surface area contributed by atoms with Crippen molar-refractivity contribution in [3.8, 4) is 11.1 Å². The highest BCUT2D eigenvalue weighted by molar-refractivity contribution is 5.69. The van der Waals surface area contributed by atoms with Gasteiger partial charge in [0.2, 0.25) is 5.95 Å². The molecule has 7 nitrogen and oxygen atoms in total. The number of morpholine rings is 1. The van der Waals surface area contributed by atoms with Gasteiger partial charge in [-0.3, -0.25) is 9.88 Å². The van der Waals surface area contributed by atoms with E-state index in [2.05, 4.69) is 42.6 Å². The van der Waals surface area contributed by atoms with Crippen molar-refractivity contribution < 1.29 is 4.74 Å². The molecule has 1 aliphatic heterocycles. The van der Waals surface area contributed by atoms with Gasteiger partial charge in [0, 0.05) is 43.9 Å². The van der Waals surface area contributed by atoms with Gasteiger partial charge in [-0.2, -0.15) is 4.98 Å². The maximum atomic E-state index is 5.39. The minimum atomic E-state index is 0.579. The summed E-state index contributed by atoms with van der Waals surface area (Å²) in [5.74, 6) is 1.41. The van der Waals surface area contributed by atoms with E-state index in [-0.39, 0.29) is 0 Å². The molecule has 3 heterocycles. The largest absolute Gasteiger partial charge is 0.379 e. The van der Waals surface area contributed by atoms with E-state index < -0.39 is 0 Å². The van der Waals surface area contributed by atoms with E-state index in [0.29, 0.717) is 5.95 Å². The molecular formula is C22H26N6O. The second kappa shape index (κ2) is 9.95. The zero-order valence-corrected chi connectivity index (χ0v) is 16.4. The summed E-state index contributed by atoms with van der Waals surface area (Å²) in [6, 6.07) is 14.1. The fourth-order valence-corrected chi connectivity index (χ4v) is 3.31. The van der Waals surface area contributed by atoms with Gasteiger partial charge in [0.15, 0.2) is 0 Å². The molecule has 0 spiro atoms. The van der Waals surface area contributed by atoms with E-state index in [4.69, 9.17) is 4.74 Å². The number of anilines is 3. The van der Waals surface area contributed by atoms with E-state index >= 15 is 0 Å². The van der Waals surface area contributed by atoms with Crippen LogP contribution >= 0.6 is 0 Å². The third-order valence-corrected chi connectivity index (χ3v) is 4.85. The Morgan fingerprint density at radius 2 is 1.83 bits per heavy atom. The Bertz CT molecular complexity index is 899. The van der Waals surface area contributed by atoms with Gasteiger partial charge in [0.05, 0.1) is 13.2 Å². The van der Waals surface area contributed by atoms with Crippen molar-refractivity contribution in [2.75, 3.05) is 50.0 Å². The molecule has 150 valence electrons. The first kappa shape index (κ1) is 19.3. The first-order valence-electron chi connectivity index (χ1n) is 10.0. The first-order chi connectivity index (χ1) is 14.4. The number of hydrogen-bond donors (Lipinski definition) is 2. The van der Waals surface area contributed by atoms with E-state index in [9.17, 15) is 0 Å². The van der Waals surface area contributed by atoms with Crippen molar-refractivity contribution in [3.05, 3.63) is 61.1 Å². The second-order valence-corrected chi connectivity index (χ2v) is 6.94. The molecule has 1 aliphatic rings. The van der Waals surface area contributed by atoms with Crippen LogP contribution in [0.1, 0.15) is 6.42 Å². The summed E-state index contributed by atoms with van der Waals surface area (Å²) in [7, 11) is 0. The zero-order valence-electron chi connectivity index (χ0n) is 16.4. The van der Waals surface area contributed by atoms with Crippen LogP contribution < -0.4 is 10.6 Å². The smallest absolute Gasteiger partial charge is 0.229 e. The highest BCUT2D eigenvalue weighted by Crippen LogP contribution is 2.23. The molecule has 2 aromatic heterocycles. The van der Waals surface area contributed by atoms with Crippen molar-refractivity contribution in [2.45, 2.75) is 6.42 Å². The van der Waals surface area contributed by atoms with Crippen molar-refractivity contribution in [3.63, 3.8) is 0 Å². The van der Waals surface area contributed by atoms with Gasteiger partial charge >= 0.3 is 0 Å². The average molecular weight is 390 g/mol. The summed E-state index contributed by atoms with van der Waals surface area (Å²) >= 11 is 0. The Morgan fingerprint density at radius 3 is 2.69 bits per heavy atom. The molecule has 4 rings (SSSR count). The minimum absolute atomic E-state index is 0.579. The lowest BCUT2D eigenvalue weighted by atomic mass is 10.1. The summed E-state index contributed by atoms with van der Waals surface area (Å²) < 4.78 is 5.39. The molecule has 29 heavy (non-hydrogen) atoms. The number of aromatic nitrogens is 3. The van der Waals surface area contributed by atoms with E-state index in [0.717, 1.165) is 68.4 Å². The highest BCUT2D eigenvalue weighted by atomic mass is 16.5. The van der Waals surface area contributed by atoms with Gasteiger partial charge in [-0.05, 0) is 54.4 Å². The third-order valence-electron chi connectivity index (χ3n) is 4.85. The van der Waals surface area contributed by atoms with E-state index in [1.54, 1.807) is 18.6 Å². The van der Waals surface area contributed by atoms with Crippen LogP contribution in [-0.2, 0) is 4.74 Å². The molecule has 0 atom stereocenters. The number of rotatable bonds is 8. The number of nitrogens with zero attached hydrogens (tertiary/aromatic N) is 4. The van der Waals surface area contributed by atoms with Gasteiger partial charge in [-0.1, -0.05) is 12.1 Å². The van der Waals surface area contributed by atoms with Crippen LogP contribution in [0, 0.1) is 0 Å². The number of nitrogens with one attached hydrogen (secondary N) is 2. The predicted molar refractivity (Wildman–Crippen MR) is 115 cm³/mol. The summed E-state index contributed by atoms with van der Waals surface area (Å²) in [4.78, 5) is 15.4. The molecule has 1 fully saturated rings. The Kier molecular flexibility index (Phi) is 6.62. The summed E-state index contributed by atoms with van der Waals surface area (Å²) in [6.45, 7) is 5.70. The summed E-state index contributed by atoms with van der Waals surface area (Å²) in [5.41, 5.74) is 3.19. The lowest BCUT2D eigenvalue weighted by Crippen LogP contribution is -2.37. The van der Waals surface area contributed by atoms with Gasteiger partial charge < -0.3 is 15.4 Å². The average Bonchev–Trinajstić information content (AvgIpc) is 2.79. The topological polar surface area (TPSA) is 75.2 Å². The molecule has 0 unspecified atom stereocenters. The van der Waals surface area contributed by atoms with Crippen molar-refractivity contribution >= 4 is 17.5 Å². The van der Waals surface area contributed by atoms with E-state index in [1.807, 2.05) is 30.3 Å². The third kappa shape index (κ3) is 5.73. The van der Waals surface area contributed by atoms with Crippen LogP contribution in [-0.4, -0.2) is 59.2 Å². The van der Waals surface area contributed by atoms with Gasteiger partial charge in [-0.15, -0.1) is 0 Å². The van der Waals surface area contributed by atoms with E-state index in [1.165, 1.54) is 0 Å². The first-order valence-corrected chi connectivity index (χ1v) is 10.0. The molecule has 1 aromatic carbocycles. The van der Waals surface area contributed by atoms with Crippen molar-refractivity contribution in [1.29, 1.82) is 0 Å². The predicted octanol–water partition coefficient (Wildman–Crippen LogP) is 3.42.